The zero-order chi connectivity index (χ0) is 15.5. The molecule has 2 aromatic rings. The van der Waals surface area contributed by atoms with E-state index < -0.39 is 0 Å². The maximum absolute atomic E-state index is 12.4. The van der Waals surface area contributed by atoms with Gasteiger partial charge in [-0.25, -0.2) is 0 Å². The van der Waals surface area contributed by atoms with Gasteiger partial charge in [-0.05, 0) is 54.3 Å². The lowest BCUT2D eigenvalue weighted by atomic mass is 10.0. The molecule has 3 rings (SSSR count). The van der Waals surface area contributed by atoms with Gasteiger partial charge in [-0.3, -0.25) is 4.79 Å². The second kappa shape index (κ2) is 5.90. The topological polar surface area (TPSA) is 64.3 Å². The number of hydrogen-bond acceptors (Lipinski definition) is 3. The molecule has 1 saturated heterocycles. The smallest absolute Gasteiger partial charge is 0.253 e. The van der Waals surface area contributed by atoms with E-state index in [1.165, 1.54) is 6.07 Å². The summed E-state index contributed by atoms with van der Waals surface area (Å²) in [5.41, 5.74) is 2.58. The van der Waals surface area contributed by atoms with E-state index in [4.69, 9.17) is 5.26 Å². The number of likely N-dealkylation sites (tertiary alicyclic amines) is 1. The summed E-state index contributed by atoms with van der Waals surface area (Å²) in [5, 5.41) is 18.7. The molecule has 0 saturated carbocycles. The fourth-order valence-corrected chi connectivity index (χ4v) is 2.78. The second-order valence-corrected chi connectivity index (χ2v) is 5.46. The Labute approximate surface area is 129 Å². The summed E-state index contributed by atoms with van der Waals surface area (Å²) in [5.74, 6) is 0.0883. The Kier molecular flexibility index (Phi) is 3.80. The van der Waals surface area contributed by atoms with Crippen molar-refractivity contribution in [1.82, 2.24) is 4.90 Å². The molecule has 0 unspecified atom stereocenters. The summed E-state index contributed by atoms with van der Waals surface area (Å²) in [6, 6.07) is 14.1. The Balaban J connectivity index is 1.96. The van der Waals surface area contributed by atoms with E-state index in [0.29, 0.717) is 11.1 Å². The van der Waals surface area contributed by atoms with Gasteiger partial charge < -0.3 is 10.0 Å². The highest BCUT2D eigenvalue weighted by molar-refractivity contribution is 5.95. The van der Waals surface area contributed by atoms with Crippen LogP contribution in [0.25, 0.3) is 11.1 Å². The number of carbonyl (C=O) groups excluding carboxylic acids is 1. The molecule has 1 aliphatic heterocycles. The molecule has 22 heavy (non-hydrogen) atoms. The molecule has 0 aromatic heterocycles. The monoisotopic (exact) mass is 292 g/mol. The number of phenolic OH excluding ortho intramolecular Hbond substituents is 1. The van der Waals surface area contributed by atoms with Gasteiger partial charge in [0.1, 0.15) is 5.75 Å². The van der Waals surface area contributed by atoms with Crippen LogP contribution in [0.4, 0.5) is 0 Å². The van der Waals surface area contributed by atoms with Gasteiger partial charge in [0.2, 0.25) is 0 Å². The predicted molar refractivity (Wildman–Crippen MR) is 83.4 cm³/mol. The third-order valence-electron chi connectivity index (χ3n) is 3.88. The first-order valence-corrected chi connectivity index (χ1v) is 7.31. The minimum atomic E-state index is 0.0417. The summed E-state index contributed by atoms with van der Waals surface area (Å²) in [6.45, 7) is 1.63. The number of hydrogen-bond donors (Lipinski definition) is 1. The van der Waals surface area contributed by atoms with Gasteiger partial charge in [-0.15, -0.1) is 0 Å². The van der Waals surface area contributed by atoms with E-state index in [9.17, 15) is 9.90 Å². The van der Waals surface area contributed by atoms with Crippen LogP contribution in [0.3, 0.4) is 0 Å². The van der Waals surface area contributed by atoms with Crippen LogP contribution in [0.2, 0.25) is 0 Å². The molecule has 0 spiro atoms. The Bertz CT molecular complexity index is 756. The van der Waals surface area contributed by atoms with Crippen molar-refractivity contribution in [2.75, 3.05) is 13.1 Å². The van der Waals surface area contributed by atoms with Crippen molar-refractivity contribution in [3.8, 4) is 22.9 Å². The molecule has 1 N–H and O–H groups in total. The van der Waals surface area contributed by atoms with E-state index in [-0.39, 0.29) is 11.7 Å². The second-order valence-electron chi connectivity index (χ2n) is 5.46. The highest BCUT2D eigenvalue weighted by atomic mass is 16.3. The number of phenols is 1. The average molecular weight is 292 g/mol. The zero-order valence-corrected chi connectivity index (χ0v) is 12.1. The van der Waals surface area contributed by atoms with Crippen molar-refractivity contribution >= 4 is 5.91 Å². The number of nitrogens with zero attached hydrogens (tertiary/aromatic N) is 2. The largest absolute Gasteiger partial charge is 0.508 e. The summed E-state index contributed by atoms with van der Waals surface area (Å²) in [7, 11) is 0. The first-order chi connectivity index (χ1) is 10.7. The maximum Gasteiger partial charge on any atom is 0.253 e. The molecule has 0 atom stereocenters. The molecular weight excluding hydrogens is 276 g/mol. The third-order valence-corrected chi connectivity index (χ3v) is 3.88. The molecule has 0 aliphatic carbocycles. The van der Waals surface area contributed by atoms with Crippen LogP contribution in [-0.2, 0) is 0 Å². The van der Waals surface area contributed by atoms with Crippen LogP contribution in [0.1, 0.15) is 28.8 Å². The van der Waals surface area contributed by atoms with Gasteiger partial charge in [-0.2, -0.15) is 5.26 Å². The van der Waals surface area contributed by atoms with E-state index in [1.54, 1.807) is 18.2 Å². The first kappa shape index (κ1) is 14.2. The fourth-order valence-electron chi connectivity index (χ4n) is 2.78. The Morgan fingerprint density at radius 2 is 1.86 bits per heavy atom. The lowest BCUT2D eigenvalue weighted by molar-refractivity contribution is 0.0793. The van der Waals surface area contributed by atoms with Crippen LogP contribution in [-0.4, -0.2) is 29.0 Å². The SMILES string of the molecule is N#Cc1cc(O)cc(-c2cccc(C(=O)N3CCCC3)c2)c1. The normalized spacial score (nSPS) is 13.9. The number of carbonyl (C=O) groups is 1. The number of rotatable bonds is 2. The van der Waals surface area contributed by atoms with Crippen LogP contribution in [0.15, 0.2) is 42.5 Å². The highest BCUT2D eigenvalue weighted by Crippen LogP contribution is 2.26. The minimum Gasteiger partial charge on any atom is -0.508 e. The van der Waals surface area contributed by atoms with Crippen LogP contribution < -0.4 is 0 Å². The highest BCUT2D eigenvalue weighted by Gasteiger charge is 2.19. The maximum atomic E-state index is 12.4. The van der Waals surface area contributed by atoms with Gasteiger partial charge in [-0.1, -0.05) is 12.1 Å². The van der Waals surface area contributed by atoms with E-state index >= 15 is 0 Å². The molecule has 2 aromatic carbocycles. The Morgan fingerprint density at radius 3 is 2.59 bits per heavy atom. The lowest BCUT2D eigenvalue weighted by Crippen LogP contribution is -2.27. The molecule has 4 heteroatoms. The summed E-state index contributed by atoms with van der Waals surface area (Å²) in [4.78, 5) is 14.3. The fraction of sp³-hybridized carbons (Fsp3) is 0.222. The molecular formula is C18H16N2O2. The number of benzene rings is 2. The van der Waals surface area contributed by atoms with Gasteiger partial charge in [0.15, 0.2) is 0 Å². The van der Waals surface area contributed by atoms with E-state index in [0.717, 1.165) is 37.1 Å². The average Bonchev–Trinajstić information content (AvgIpc) is 3.08. The van der Waals surface area contributed by atoms with Crippen molar-refractivity contribution < 1.29 is 9.90 Å². The Hall–Kier alpha value is -2.80. The van der Waals surface area contributed by atoms with Crippen LogP contribution in [0, 0.1) is 11.3 Å². The predicted octanol–water partition coefficient (Wildman–Crippen LogP) is 3.17. The van der Waals surface area contributed by atoms with Gasteiger partial charge in [0.25, 0.3) is 5.91 Å². The van der Waals surface area contributed by atoms with E-state index in [2.05, 4.69) is 0 Å². The van der Waals surface area contributed by atoms with Crippen molar-refractivity contribution in [2.24, 2.45) is 0 Å². The van der Waals surface area contributed by atoms with Crippen molar-refractivity contribution in [3.63, 3.8) is 0 Å². The zero-order valence-electron chi connectivity index (χ0n) is 12.1. The summed E-state index contributed by atoms with van der Waals surface area (Å²) in [6.07, 6.45) is 2.12. The van der Waals surface area contributed by atoms with E-state index in [1.807, 2.05) is 29.2 Å². The van der Waals surface area contributed by atoms with Gasteiger partial charge in [0, 0.05) is 18.7 Å². The first-order valence-electron chi connectivity index (χ1n) is 7.31. The Morgan fingerprint density at radius 1 is 1.09 bits per heavy atom. The van der Waals surface area contributed by atoms with Crippen molar-refractivity contribution in [2.45, 2.75) is 12.8 Å². The summed E-state index contributed by atoms with van der Waals surface area (Å²) < 4.78 is 0. The molecule has 4 nitrogen and oxygen atoms in total. The minimum absolute atomic E-state index is 0.0417. The van der Waals surface area contributed by atoms with Gasteiger partial charge >= 0.3 is 0 Å². The van der Waals surface area contributed by atoms with Crippen LogP contribution >= 0.6 is 0 Å². The molecule has 1 aliphatic rings. The molecule has 1 fully saturated rings. The van der Waals surface area contributed by atoms with Crippen molar-refractivity contribution in [1.29, 1.82) is 5.26 Å². The number of aromatic hydroxyl groups is 1. The number of nitriles is 1. The molecule has 110 valence electrons. The standard InChI is InChI=1S/C18H16N2O2/c19-12-13-8-16(11-17(21)9-13)14-4-3-5-15(10-14)18(22)20-6-1-2-7-20/h3-5,8-11,21H,1-2,6-7H2. The molecule has 1 amide bonds. The molecule has 1 heterocycles. The molecule has 0 radical (unpaired) electrons. The molecule has 0 bridgehead atoms. The van der Waals surface area contributed by atoms with Crippen molar-refractivity contribution in [3.05, 3.63) is 53.6 Å². The number of amides is 1. The third kappa shape index (κ3) is 2.79. The van der Waals surface area contributed by atoms with Crippen LogP contribution in [0.5, 0.6) is 5.75 Å². The van der Waals surface area contributed by atoms with Gasteiger partial charge in [0.05, 0.1) is 11.6 Å². The summed E-state index contributed by atoms with van der Waals surface area (Å²) >= 11 is 0. The quantitative estimate of drug-likeness (QED) is 0.924. The lowest BCUT2D eigenvalue weighted by Gasteiger charge is -2.15.